The minimum atomic E-state index is -1.52. The quantitative estimate of drug-likeness (QED) is 0.746. The molecule has 0 aliphatic heterocycles. The van der Waals surface area contributed by atoms with Crippen LogP contribution < -0.4 is 10.6 Å². The van der Waals surface area contributed by atoms with E-state index in [4.69, 9.17) is 28.3 Å². The van der Waals surface area contributed by atoms with E-state index in [0.29, 0.717) is 27.7 Å². The number of carbonyl (C=O) groups is 2. The lowest BCUT2D eigenvalue weighted by atomic mass is 10.1. The molecular weight excluding hydrogens is 365 g/mol. The lowest BCUT2D eigenvalue weighted by molar-refractivity contribution is 0.0951. The van der Waals surface area contributed by atoms with Crippen LogP contribution in [0.25, 0.3) is 0 Å². The molecule has 0 radical (unpaired) electrons. The van der Waals surface area contributed by atoms with Gasteiger partial charge in [0.2, 0.25) is 0 Å². The molecule has 0 saturated carbocycles. The van der Waals surface area contributed by atoms with Crippen molar-refractivity contribution in [2.24, 2.45) is 0 Å². The van der Waals surface area contributed by atoms with Gasteiger partial charge in [-0.05, 0) is 23.8 Å². The molecule has 0 unspecified atom stereocenters. The van der Waals surface area contributed by atoms with E-state index in [0.717, 1.165) is 0 Å². The minimum absolute atomic E-state index is 0.0135. The van der Waals surface area contributed by atoms with Crippen LogP contribution in [-0.4, -0.2) is 17.1 Å². The van der Waals surface area contributed by atoms with E-state index >= 15 is 0 Å². The molecule has 5 nitrogen and oxygen atoms in total. The number of halogens is 4. The second kappa shape index (κ2) is 7.46. The predicted octanol–water partition coefficient (Wildman–Crippen LogP) is 4.29. The first-order valence-electron chi connectivity index (χ1n) is 6.49. The molecule has 126 valence electrons. The predicted molar refractivity (Wildman–Crippen MR) is 85.6 cm³/mol. The van der Waals surface area contributed by atoms with Crippen LogP contribution in [0.15, 0.2) is 30.3 Å². The number of benzene rings is 2. The highest BCUT2D eigenvalue weighted by atomic mass is 35.5. The van der Waals surface area contributed by atoms with Crippen molar-refractivity contribution < 1.29 is 23.5 Å². The molecule has 2 aromatic rings. The third kappa shape index (κ3) is 4.33. The van der Waals surface area contributed by atoms with Gasteiger partial charge in [0.1, 0.15) is 0 Å². The van der Waals surface area contributed by atoms with Crippen molar-refractivity contribution in [1.82, 2.24) is 5.32 Å². The number of carboxylic acid groups (broad SMARTS) is 1. The Balaban J connectivity index is 2.22. The van der Waals surface area contributed by atoms with Crippen LogP contribution in [0, 0.1) is 11.6 Å². The molecule has 0 fully saturated rings. The Labute approximate surface area is 145 Å². The zero-order valence-corrected chi connectivity index (χ0v) is 13.4. The van der Waals surface area contributed by atoms with Gasteiger partial charge >= 0.3 is 6.09 Å². The molecule has 0 aliphatic rings. The molecule has 0 saturated heterocycles. The Morgan fingerprint density at radius 1 is 1.08 bits per heavy atom. The maximum Gasteiger partial charge on any atom is 0.409 e. The number of hydrogen-bond acceptors (Lipinski definition) is 2. The number of rotatable bonds is 4. The van der Waals surface area contributed by atoms with Crippen molar-refractivity contribution in [3.63, 3.8) is 0 Å². The third-order valence-electron chi connectivity index (χ3n) is 3.00. The first-order valence-corrected chi connectivity index (χ1v) is 7.24. The van der Waals surface area contributed by atoms with Gasteiger partial charge in [0.15, 0.2) is 11.6 Å². The zero-order chi connectivity index (χ0) is 17.9. The lowest BCUT2D eigenvalue weighted by Crippen LogP contribution is -2.25. The summed E-state index contributed by atoms with van der Waals surface area (Å²) in [5, 5.41) is 13.7. The summed E-state index contributed by atoms with van der Waals surface area (Å²) in [5.41, 5.74) is -0.188. The molecule has 0 aliphatic carbocycles. The second-order valence-corrected chi connectivity index (χ2v) is 5.50. The molecule has 0 spiro atoms. The Morgan fingerprint density at radius 2 is 1.75 bits per heavy atom. The number of anilines is 1. The number of hydrogen-bond donors (Lipinski definition) is 3. The molecule has 0 bridgehead atoms. The topological polar surface area (TPSA) is 78.4 Å². The summed E-state index contributed by atoms with van der Waals surface area (Å²) in [5.74, 6) is -3.36. The molecule has 9 heteroatoms. The molecule has 0 aromatic heterocycles. The standard InChI is InChI=1S/C15H10Cl2F2N2O3/c16-8-2-1-7(10(17)3-8)6-20-14(22)9-4-11(18)12(19)5-13(9)21-15(23)24/h1-5,21H,6H2,(H,20,22)(H,23,24). The maximum absolute atomic E-state index is 13.4. The van der Waals surface area contributed by atoms with Crippen molar-refractivity contribution in [2.45, 2.75) is 6.54 Å². The Morgan fingerprint density at radius 3 is 2.38 bits per heavy atom. The summed E-state index contributed by atoms with van der Waals surface area (Å²) < 4.78 is 26.6. The molecule has 2 rings (SSSR count). The smallest absolute Gasteiger partial charge is 0.409 e. The van der Waals surface area contributed by atoms with Crippen LogP contribution in [0.3, 0.4) is 0 Å². The van der Waals surface area contributed by atoms with Gasteiger partial charge < -0.3 is 10.4 Å². The van der Waals surface area contributed by atoms with E-state index in [1.807, 2.05) is 5.32 Å². The fourth-order valence-electron chi connectivity index (χ4n) is 1.89. The van der Waals surface area contributed by atoms with E-state index < -0.39 is 23.6 Å². The third-order valence-corrected chi connectivity index (χ3v) is 3.59. The van der Waals surface area contributed by atoms with Crippen LogP contribution >= 0.6 is 23.2 Å². The van der Waals surface area contributed by atoms with Crippen molar-refractivity contribution in [2.75, 3.05) is 5.32 Å². The summed E-state index contributed by atoms with van der Waals surface area (Å²) in [4.78, 5) is 22.9. The van der Waals surface area contributed by atoms with Gasteiger partial charge in [0.05, 0.1) is 11.3 Å². The molecule has 0 heterocycles. The van der Waals surface area contributed by atoms with E-state index in [-0.39, 0.29) is 17.8 Å². The van der Waals surface area contributed by atoms with Crippen LogP contribution in [0.5, 0.6) is 0 Å². The summed E-state index contributed by atoms with van der Waals surface area (Å²) >= 11 is 11.7. The normalized spacial score (nSPS) is 10.3. The van der Waals surface area contributed by atoms with Crippen LogP contribution in [0.2, 0.25) is 10.0 Å². The largest absolute Gasteiger partial charge is 0.465 e. The summed E-state index contributed by atoms with van der Waals surface area (Å²) in [6, 6.07) is 5.85. The summed E-state index contributed by atoms with van der Waals surface area (Å²) in [6.07, 6.45) is -1.52. The van der Waals surface area contributed by atoms with Gasteiger partial charge in [-0.2, -0.15) is 0 Å². The number of amides is 2. The maximum atomic E-state index is 13.4. The van der Waals surface area contributed by atoms with Crippen LogP contribution in [0.4, 0.5) is 19.3 Å². The van der Waals surface area contributed by atoms with Gasteiger partial charge in [-0.25, -0.2) is 13.6 Å². The first-order chi connectivity index (χ1) is 11.3. The van der Waals surface area contributed by atoms with Crippen LogP contribution in [-0.2, 0) is 6.54 Å². The zero-order valence-electron chi connectivity index (χ0n) is 11.9. The number of carbonyl (C=O) groups excluding carboxylic acids is 1. The molecule has 0 atom stereocenters. The van der Waals surface area contributed by atoms with Gasteiger partial charge in [-0.1, -0.05) is 29.3 Å². The second-order valence-electron chi connectivity index (χ2n) is 4.66. The van der Waals surface area contributed by atoms with Crippen molar-refractivity contribution in [3.8, 4) is 0 Å². The van der Waals surface area contributed by atoms with Gasteiger partial charge in [0.25, 0.3) is 5.91 Å². The van der Waals surface area contributed by atoms with Gasteiger partial charge in [-0.3, -0.25) is 10.1 Å². The average Bonchev–Trinajstić information content (AvgIpc) is 2.49. The van der Waals surface area contributed by atoms with E-state index in [1.165, 1.54) is 6.07 Å². The van der Waals surface area contributed by atoms with Crippen molar-refractivity contribution >= 4 is 40.9 Å². The minimum Gasteiger partial charge on any atom is -0.465 e. The Kier molecular flexibility index (Phi) is 5.58. The SMILES string of the molecule is O=C(O)Nc1cc(F)c(F)cc1C(=O)NCc1ccc(Cl)cc1Cl. The Bertz CT molecular complexity index is 816. The highest BCUT2D eigenvalue weighted by molar-refractivity contribution is 6.35. The van der Waals surface area contributed by atoms with Crippen LogP contribution in [0.1, 0.15) is 15.9 Å². The molecule has 2 amide bonds. The van der Waals surface area contributed by atoms with Crippen molar-refractivity contribution in [1.29, 1.82) is 0 Å². The van der Waals surface area contributed by atoms with E-state index in [2.05, 4.69) is 5.32 Å². The van der Waals surface area contributed by atoms with E-state index in [9.17, 15) is 18.4 Å². The van der Waals surface area contributed by atoms with E-state index in [1.54, 1.807) is 12.1 Å². The molecule has 3 N–H and O–H groups in total. The Hall–Kier alpha value is -2.38. The highest BCUT2D eigenvalue weighted by Crippen LogP contribution is 2.22. The fourth-order valence-corrected chi connectivity index (χ4v) is 2.36. The van der Waals surface area contributed by atoms with Crippen molar-refractivity contribution in [3.05, 3.63) is 63.1 Å². The average molecular weight is 375 g/mol. The molecule has 2 aromatic carbocycles. The highest BCUT2D eigenvalue weighted by Gasteiger charge is 2.17. The fraction of sp³-hybridized carbons (Fsp3) is 0.0667. The molecular formula is C15H10Cl2F2N2O3. The summed E-state index contributed by atoms with van der Waals surface area (Å²) in [7, 11) is 0. The van der Waals surface area contributed by atoms with Gasteiger partial charge in [0, 0.05) is 22.7 Å². The monoisotopic (exact) mass is 374 g/mol. The lowest BCUT2D eigenvalue weighted by Gasteiger charge is -2.11. The number of nitrogens with one attached hydrogen (secondary N) is 2. The van der Waals surface area contributed by atoms with Gasteiger partial charge in [-0.15, -0.1) is 0 Å². The first kappa shape index (κ1) is 18.0. The molecule has 24 heavy (non-hydrogen) atoms. The summed E-state index contributed by atoms with van der Waals surface area (Å²) in [6.45, 7) is -0.0135.